The summed E-state index contributed by atoms with van der Waals surface area (Å²) in [7, 11) is 0. The summed E-state index contributed by atoms with van der Waals surface area (Å²) >= 11 is 3.35. The van der Waals surface area contributed by atoms with Gasteiger partial charge in [0.15, 0.2) is 5.16 Å². The van der Waals surface area contributed by atoms with Gasteiger partial charge >= 0.3 is 0 Å². The third-order valence-electron chi connectivity index (χ3n) is 5.93. The van der Waals surface area contributed by atoms with E-state index in [4.69, 9.17) is 4.98 Å². The van der Waals surface area contributed by atoms with Crippen LogP contribution < -0.4 is 5.56 Å². The number of aromatic amines is 1. The van der Waals surface area contributed by atoms with Crippen molar-refractivity contribution in [1.29, 1.82) is 0 Å². The van der Waals surface area contributed by atoms with Crippen molar-refractivity contribution in [3.63, 3.8) is 0 Å². The van der Waals surface area contributed by atoms with Crippen LogP contribution in [0, 0.1) is 5.92 Å². The number of thiophene rings is 1. The molecule has 0 spiro atoms. The zero-order chi connectivity index (χ0) is 19.3. The monoisotopic (exact) mass is 415 g/mol. The number of aryl methyl sites for hydroxylation is 2. The van der Waals surface area contributed by atoms with E-state index in [2.05, 4.69) is 33.6 Å². The van der Waals surface area contributed by atoms with Crippen LogP contribution in [0.5, 0.6) is 0 Å². The minimum atomic E-state index is 0.0135. The molecule has 1 aliphatic heterocycles. The average molecular weight is 416 g/mol. The van der Waals surface area contributed by atoms with Crippen LogP contribution >= 0.6 is 23.1 Å². The Bertz CT molecular complexity index is 1080. The molecule has 0 saturated carbocycles. The minimum Gasteiger partial charge on any atom is -0.309 e. The standard InChI is InChI=1S/C20H25N5OS2/c1-11-7-8-13-14(10-11)28-19-16(13)18(26)21-17(22-19)12(2)27-20-24-23-15-6-4-3-5-9-25(15)20/h11-12H,3-10H2,1-2H3,(H,21,22,26)/t11-,12-/m0/s1. The Morgan fingerprint density at radius 2 is 2.14 bits per heavy atom. The predicted molar refractivity (Wildman–Crippen MR) is 113 cm³/mol. The molecule has 0 amide bonds. The number of nitrogens with zero attached hydrogens (tertiary/aromatic N) is 4. The van der Waals surface area contributed by atoms with Gasteiger partial charge in [0, 0.05) is 17.8 Å². The molecule has 0 aromatic carbocycles. The first kappa shape index (κ1) is 18.4. The van der Waals surface area contributed by atoms with Crippen molar-refractivity contribution in [3.05, 3.63) is 32.4 Å². The molecule has 8 heteroatoms. The maximum absolute atomic E-state index is 12.9. The van der Waals surface area contributed by atoms with Crippen LogP contribution in [0.15, 0.2) is 9.95 Å². The van der Waals surface area contributed by atoms with Gasteiger partial charge in [-0.05, 0) is 50.5 Å². The summed E-state index contributed by atoms with van der Waals surface area (Å²) < 4.78 is 2.25. The fraction of sp³-hybridized carbons (Fsp3) is 0.600. The Hall–Kier alpha value is -1.67. The topological polar surface area (TPSA) is 76.5 Å². The molecule has 2 aliphatic rings. The van der Waals surface area contributed by atoms with Crippen LogP contribution in [0.2, 0.25) is 0 Å². The van der Waals surface area contributed by atoms with Gasteiger partial charge in [0.25, 0.3) is 5.56 Å². The molecule has 1 N–H and O–H groups in total. The number of H-pyrrole nitrogens is 1. The van der Waals surface area contributed by atoms with E-state index < -0.39 is 0 Å². The fourth-order valence-corrected chi connectivity index (χ4v) is 6.66. The Labute approximate surface area is 172 Å². The maximum Gasteiger partial charge on any atom is 0.259 e. The molecule has 0 saturated heterocycles. The van der Waals surface area contributed by atoms with Crippen molar-refractivity contribution in [2.24, 2.45) is 5.92 Å². The number of nitrogens with one attached hydrogen (secondary N) is 1. The van der Waals surface area contributed by atoms with E-state index in [-0.39, 0.29) is 10.8 Å². The van der Waals surface area contributed by atoms with Gasteiger partial charge in [-0.15, -0.1) is 21.5 Å². The second kappa shape index (κ2) is 7.30. The molecule has 1 aliphatic carbocycles. The van der Waals surface area contributed by atoms with Crippen molar-refractivity contribution < 1.29 is 0 Å². The highest BCUT2D eigenvalue weighted by atomic mass is 32.2. The SMILES string of the molecule is C[C@H]1CCc2c(sc3nc([C@H](C)Sc4nnc5n4CCCCC5)[nH]c(=O)c23)C1. The van der Waals surface area contributed by atoms with E-state index in [1.165, 1.54) is 29.7 Å². The molecular weight excluding hydrogens is 390 g/mol. The summed E-state index contributed by atoms with van der Waals surface area (Å²) in [5.74, 6) is 2.51. The van der Waals surface area contributed by atoms with Crippen molar-refractivity contribution in [3.8, 4) is 0 Å². The van der Waals surface area contributed by atoms with Gasteiger partial charge < -0.3 is 9.55 Å². The largest absolute Gasteiger partial charge is 0.309 e. The molecule has 28 heavy (non-hydrogen) atoms. The van der Waals surface area contributed by atoms with E-state index in [1.54, 1.807) is 23.1 Å². The molecule has 4 heterocycles. The van der Waals surface area contributed by atoms with Gasteiger partial charge in [-0.3, -0.25) is 4.79 Å². The Morgan fingerprint density at radius 1 is 1.25 bits per heavy atom. The number of hydrogen-bond donors (Lipinski definition) is 1. The number of aromatic nitrogens is 5. The zero-order valence-corrected chi connectivity index (χ0v) is 18.0. The number of fused-ring (bicyclic) bond motifs is 4. The van der Waals surface area contributed by atoms with Crippen LogP contribution in [-0.4, -0.2) is 24.7 Å². The third-order valence-corrected chi connectivity index (χ3v) is 8.16. The highest BCUT2D eigenvalue weighted by Crippen LogP contribution is 2.38. The molecule has 0 radical (unpaired) electrons. The van der Waals surface area contributed by atoms with Gasteiger partial charge in [-0.2, -0.15) is 0 Å². The fourth-order valence-electron chi connectivity index (χ4n) is 4.32. The first-order valence-electron chi connectivity index (χ1n) is 10.2. The van der Waals surface area contributed by atoms with Gasteiger partial charge in [-0.25, -0.2) is 4.98 Å². The number of rotatable bonds is 3. The van der Waals surface area contributed by atoms with Crippen LogP contribution in [0.4, 0.5) is 0 Å². The summed E-state index contributed by atoms with van der Waals surface area (Å²) in [4.78, 5) is 23.0. The second-order valence-corrected chi connectivity index (χ2v) is 10.5. The second-order valence-electron chi connectivity index (χ2n) is 8.10. The summed E-state index contributed by atoms with van der Waals surface area (Å²) in [5, 5.41) is 10.6. The van der Waals surface area contributed by atoms with E-state index in [0.717, 1.165) is 59.2 Å². The van der Waals surface area contributed by atoms with Gasteiger partial charge in [0.2, 0.25) is 0 Å². The predicted octanol–water partition coefficient (Wildman–Crippen LogP) is 4.28. The molecule has 3 aromatic rings. The van der Waals surface area contributed by atoms with Gasteiger partial charge in [0.05, 0.1) is 10.6 Å². The van der Waals surface area contributed by atoms with E-state index in [1.807, 2.05) is 0 Å². The Morgan fingerprint density at radius 3 is 3.04 bits per heavy atom. The van der Waals surface area contributed by atoms with E-state index in [9.17, 15) is 4.79 Å². The van der Waals surface area contributed by atoms with Crippen molar-refractivity contribution in [2.75, 3.05) is 0 Å². The quantitative estimate of drug-likeness (QED) is 0.646. The number of thioether (sulfide) groups is 1. The van der Waals surface area contributed by atoms with Crippen molar-refractivity contribution >= 4 is 33.3 Å². The van der Waals surface area contributed by atoms with Crippen LogP contribution in [0.25, 0.3) is 10.2 Å². The molecule has 0 bridgehead atoms. The molecule has 148 valence electrons. The summed E-state index contributed by atoms with van der Waals surface area (Å²) in [6.45, 7) is 5.36. The molecular formula is C20H25N5OS2. The summed E-state index contributed by atoms with van der Waals surface area (Å²) in [5.41, 5.74) is 1.25. The molecule has 3 aromatic heterocycles. The minimum absolute atomic E-state index is 0.0135. The van der Waals surface area contributed by atoms with Crippen LogP contribution in [0.3, 0.4) is 0 Å². The maximum atomic E-state index is 12.9. The average Bonchev–Trinajstić information content (AvgIpc) is 3.13. The highest BCUT2D eigenvalue weighted by molar-refractivity contribution is 7.99. The first-order valence-corrected chi connectivity index (χ1v) is 11.9. The lowest BCUT2D eigenvalue weighted by atomic mass is 9.89. The van der Waals surface area contributed by atoms with Crippen molar-refractivity contribution in [2.45, 2.75) is 75.7 Å². The van der Waals surface area contributed by atoms with Crippen molar-refractivity contribution in [1.82, 2.24) is 24.7 Å². The normalized spacial score (nSPS) is 20.6. The molecule has 0 unspecified atom stereocenters. The molecule has 2 atom stereocenters. The molecule has 5 rings (SSSR count). The summed E-state index contributed by atoms with van der Waals surface area (Å²) in [6.07, 6.45) is 7.83. The lowest BCUT2D eigenvalue weighted by Crippen LogP contribution is -2.15. The van der Waals surface area contributed by atoms with E-state index >= 15 is 0 Å². The number of hydrogen-bond acceptors (Lipinski definition) is 6. The van der Waals surface area contributed by atoms with Gasteiger partial charge in [-0.1, -0.05) is 25.1 Å². The molecule has 6 nitrogen and oxygen atoms in total. The Kier molecular flexibility index (Phi) is 4.79. The van der Waals surface area contributed by atoms with Gasteiger partial charge in [0.1, 0.15) is 16.5 Å². The molecule has 0 fully saturated rings. The lowest BCUT2D eigenvalue weighted by molar-refractivity contribution is 0.509. The Balaban J connectivity index is 1.46. The smallest absolute Gasteiger partial charge is 0.259 e. The summed E-state index contributed by atoms with van der Waals surface area (Å²) in [6, 6.07) is 0. The zero-order valence-electron chi connectivity index (χ0n) is 16.3. The van der Waals surface area contributed by atoms with Crippen LogP contribution in [-0.2, 0) is 25.8 Å². The lowest BCUT2D eigenvalue weighted by Gasteiger charge is -2.17. The highest BCUT2D eigenvalue weighted by Gasteiger charge is 2.25. The first-order chi connectivity index (χ1) is 13.6. The van der Waals surface area contributed by atoms with E-state index in [0.29, 0.717) is 5.92 Å². The third kappa shape index (κ3) is 3.20. The van der Waals surface area contributed by atoms with Crippen LogP contribution in [0.1, 0.15) is 66.9 Å².